The third kappa shape index (κ3) is 3.52. The average molecular weight is 383 g/mol. The van der Waals surface area contributed by atoms with E-state index in [4.69, 9.17) is 5.73 Å². The molecule has 0 bridgehead atoms. The number of H-pyrrole nitrogens is 1. The monoisotopic (exact) mass is 383 g/mol. The van der Waals surface area contributed by atoms with E-state index in [1.165, 1.54) is 13.3 Å². The maximum Gasteiger partial charge on any atom is 0.417 e. The molecule has 0 aliphatic carbocycles. The second-order valence-electron chi connectivity index (χ2n) is 6.90. The minimum Gasteiger partial charge on any atom is -0.332 e. The normalized spacial score (nSPS) is 20.7. The van der Waals surface area contributed by atoms with Crippen molar-refractivity contribution in [1.29, 1.82) is 0 Å². The Kier molecular flexibility index (Phi) is 4.25. The Morgan fingerprint density at radius 3 is 2.56 bits per heavy atom. The number of nitrogens with zero attached hydrogens (tertiary/aromatic N) is 5. The maximum absolute atomic E-state index is 13.0. The summed E-state index contributed by atoms with van der Waals surface area (Å²) in [6.07, 6.45) is -0.653. The Morgan fingerprint density at radius 1 is 1.30 bits per heavy atom. The molecule has 5 N–H and O–H groups in total. The van der Waals surface area contributed by atoms with Crippen molar-refractivity contribution in [3.63, 3.8) is 0 Å². The fourth-order valence-electron chi connectivity index (χ4n) is 2.65. The van der Waals surface area contributed by atoms with Gasteiger partial charge in [0, 0.05) is 12.4 Å². The summed E-state index contributed by atoms with van der Waals surface area (Å²) >= 11 is 0. The van der Waals surface area contributed by atoms with Crippen molar-refractivity contribution in [2.24, 2.45) is 10.7 Å². The molecule has 146 valence electrons. The Labute approximate surface area is 152 Å². The predicted octanol–water partition coefficient (Wildman–Crippen LogP) is 1.59. The molecule has 0 fully saturated rings. The molecule has 0 saturated carbocycles. The van der Waals surface area contributed by atoms with E-state index in [0.717, 1.165) is 6.20 Å². The predicted molar refractivity (Wildman–Crippen MR) is 92.7 cm³/mol. The number of nitrogens with two attached hydrogens (primary N) is 1. The molecule has 0 spiro atoms. The molecule has 1 aliphatic rings. The smallest absolute Gasteiger partial charge is 0.332 e. The first-order chi connectivity index (χ1) is 12.4. The van der Waals surface area contributed by atoms with E-state index in [-0.39, 0.29) is 5.96 Å². The fourth-order valence-corrected chi connectivity index (χ4v) is 2.65. The van der Waals surface area contributed by atoms with Crippen LogP contribution in [0.1, 0.15) is 32.3 Å². The van der Waals surface area contributed by atoms with Gasteiger partial charge in [0.15, 0.2) is 5.82 Å². The van der Waals surface area contributed by atoms with Crippen molar-refractivity contribution in [2.75, 3.05) is 5.32 Å². The third-order valence-corrected chi connectivity index (χ3v) is 4.27. The summed E-state index contributed by atoms with van der Waals surface area (Å²) in [6.45, 7) is 6.75. The lowest BCUT2D eigenvalue weighted by Crippen LogP contribution is -2.49. The van der Waals surface area contributed by atoms with Crippen LogP contribution < -0.4 is 16.4 Å². The number of rotatable bonds is 3. The van der Waals surface area contributed by atoms with Crippen molar-refractivity contribution >= 4 is 11.6 Å². The molecule has 27 heavy (non-hydrogen) atoms. The summed E-state index contributed by atoms with van der Waals surface area (Å²) in [5, 5.41) is 16.5. The number of hydrogen-bond donors (Lipinski definition) is 4. The van der Waals surface area contributed by atoms with Gasteiger partial charge in [0.25, 0.3) is 0 Å². The van der Waals surface area contributed by atoms with Gasteiger partial charge in [-0.25, -0.2) is 9.98 Å². The van der Waals surface area contributed by atoms with Crippen LogP contribution in [0.4, 0.5) is 18.9 Å². The number of aliphatic imine (C=N–C) groups is 1. The Morgan fingerprint density at radius 2 is 2.00 bits per heavy atom. The lowest BCUT2D eigenvalue weighted by molar-refractivity contribution is -0.100. The summed E-state index contributed by atoms with van der Waals surface area (Å²) in [4.78, 5) is 8.09. The van der Waals surface area contributed by atoms with E-state index in [1.807, 2.05) is 13.8 Å². The highest BCUT2D eigenvalue weighted by Crippen LogP contribution is 2.34. The molecule has 1 atom stereocenters. The van der Waals surface area contributed by atoms with Gasteiger partial charge in [-0.05, 0) is 27.7 Å². The molecular weight excluding hydrogens is 363 g/mol. The van der Waals surface area contributed by atoms with E-state index < -0.39 is 23.0 Å². The van der Waals surface area contributed by atoms with Gasteiger partial charge in [0.2, 0.25) is 5.96 Å². The SMILES string of the molecule is Cc1nn(C(C)(C)c2ncn[nH]2)cc1NC1=NC(C)(N)C(C(F)(F)F)=CN1. The maximum atomic E-state index is 13.0. The number of nitrogens with one attached hydrogen (secondary N) is 3. The zero-order chi connectivity index (χ0) is 20.0. The van der Waals surface area contributed by atoms with Crippen LogP contribution in [0, 0.1) is 6.92 Å². The summed E-state index contributed by atoms with van der Waals surface area (Å²) in [6, 6.07) is 0. The number of aryl methyl sites for hydroxylation is 1. The molecule has 0 saturated heterocycles. The first-order valence-corrected chi connectivity index (χ1v) is 8.04. The quantitative estimate of drug-likeness (QED) is 0.639. The minimum absolute atomic E-state index is 0.0909. The number of alkyl halides is 3. The Hall–Kier alpha value is -2.89. The van der Waals surface area contributed by atoms with Gasteiger partial charge in [-0.3, -0.25) is 9.78 Å². The molecule has 3 rings (SSSR count). The summed E-state index contributed by atoms with van der Waals surface area (Å²) < 4.78 is 40.7. The molecule has 1 unspecified atom stereocenters. The van der Waals surface area contributed by atoms with Crippen LogP contribution in [0.3, 0.4) is 0 Å². The lowest BCUT2D eigenvalue weighted by Gasteiger charge is -2.30. The van der Waals surface area contributed by atoms with E-state index in [9.17, 15) is 13.2 Å². The van der Waals surface area contributed by atoms with Crippen LogP contribution in [0.25, 0.3) is 0 Å². The zero-order valence-electron chi connectivity index (χ0n) is 15.2. The van der Waals surface area contributed by atoms with Crippen molar-refractivity contribution < 1.29 is 13.2 Å². The average Bonchev–Trinajstić information content (AvgIpc) is 3.16. The van der Waals surface area contributed by atoms with Crippen LogP contribution in [0.2, 0.25) is 0 Å². The highest BCUT2D eigenvalue weighted by Gasteiger charge is 2.45. The highest BCUT2D eigenvalue weighted by atomic mass is 19.4. The number of aromatic nitrogens is 5. The van der Waals surface area contributed by atoms with Gasteiger partial charge in [0.05, 0.1) is 17.0 Å². The summed E-state index contributed by atoms with van der Waals surface area (Å²) in [5.41, 5.74) is 3.43. The second-order valence-corrected chi connectivity index (χ2v) is 6.90. The van der Waals surface area contributed by atoms with Gasteiger partial charge in [0.1, 0.15) is 17.5 Å². The summed E-state index contributed by atoms with van der Waals surface area (Å²) in [5.74, 6) is 0.699. The van der Waals surface area contributed by atoms with E-state index >= 15 is 0 Å². The number of guanidine groups is 1. The number of halogens is 3. The fraction of sp³-hybridized carbons (Fsp3) is 0.467. The number of aromatic amines is 1. The molecule has 2 aromatic heterocycles. The standard InChI is InChI=1S/C15H20F3N9/c1-8-9(6-27(26-8)13(2,3)11-21-7-22-25-11)23-12-20-5-10(15(16,17)18)14(4,19)24-12/h5-7H,19H2,1-4H3,(H2,20,23,24)(H,21,22,25). The molecular formula is C15H20F3N9. The number of anilines is 1. The minimum atomic E-state index is -4.58. The van der Waals surface area contributed by atoms with Crippen LogP contribution in [0.15, 0.2) is 29.3 Å². The van der Waals surface area contributed by atoms with Crippen LogP contribution in [-0.2, 0) is 5.54 Å². The lowest BCUT2D eigenvalue weighted by atomic mass is 10.0. The first kappa shape index (κ1) is 18.9. The van der Waals surface area contributed by atoms with Crippen LogP contribution in [0.5, 0.6) is 0 Å². The van der Waals surface area contributed by atoms with Crippen molar-refractivity contribution in [1.82, 2.24) is 30.3 Å². The molecule has 0 amide bonds. The van der Waals surface area contributed by atoms with Crippen molar-refractivity contribution in [3.8, 4) is 0 Å². The van der Waals surface area contributed by atoms with E-state index in [0.29, 0.717) is 17.2 Å². The van der Waals surface area contributed by atoms with Crippen LogP contribution in [-0.4, -0.2) is 42.8 Å². The first-order valence-electron chi connectivity index (χ1n) is 8.04. The molecule has 0 aromatic carbocycles. The van der Waals surface area contributed by atoms with E-state index in [2.05, 4.69) is 35.9 Å². The Bertz CT molecular complexity index is 888. The van der Waals surface area contributed by atoms with Crippen molar-refractivity contribution in [2.45, 2.75) is 45.1 Å². The van der Waals surface area contributed by atoms with Gasteiger partial charge in [-0.15, -0.1) is 0 Å². The van der Waals surface area contributed by atoms with Gasteiger partial charge in [-0.1, -0.05) is 0 Å². The highest BCUT2D eigenvalue weighted by molar-refractivity contribution is 5.95. The Balaban J connectivity index is 1.84. The van der Waals surface area contributed by atoms with E-state index in [1.54, 1.807) is 17.8 Å². The van der Waals surface area contributed by atoms with Gasteiger partial charge in [-0.2, -0.15) is 23.4 Å². The van der Waals surface area contributed by atoms with Gasteiger partial charge < -0.3 is 16.4 Å². The second kappa shape index (κ2) is 6.08. The van der Waals surface area contributed by atoms with Gasteiger partial charge >= 0.3 is 6.18 Å². The number of hydrogen-bond acceptors (Lipinski definition) is 7. The zero-order valence-corrected chi connectivity index (χ0v) is 15.2. The van der Waals surface area contributed by atoms with Crippen molar-refractivity contribution in [3.05, 3.63) is 35.8 Å². The largest absolute Gasteiger partial charge is 0.417 e. The topological polar surface area (TPSA) is 122 Å². The molecule has 0 radical (unpaired) electrons. The molecule has 12 heteroatoms. The third-order valence-electron chi connectivity index (χ3n) is 4.27. The molecule has 1 aliphatic heterocycles. The molecule has 9 nitrogen and oxygen atoms in total. The molecule has 2 aromatic rings. The molecule has 3 heterocycles. The van der Waals surface area contributed by atoms with Crippen LogP contribution >= 0.6 is 0 Å². The summed E-state index contributed by atoms with van der Waals surface area (Å²) in [7, 11) is 0.